The lowest BCUT2D eigenvalue weighted by atomic mass is 9.90. The Kier molecular flexibility index (Phi) is 5.10. The van der Waals surface area contributed by atoms with Crippen molar-refractivity contribution in [3.8, 4) is 5.69 Å². The highest BCUT2D eigenvalue weighted by atomic mass is 35.5. The second-order valence-electron chi connectivity index (χ2n) is 8.16. The molecule has 1 aliphatic carbocycles. The van der Waals surface area contributed by atoms with Crippen LogP contribution in [0.15, 0.2) is 84.2 Å². The van der Waals surface area contributed by atoms with Gasteiger partial charge in [-0.3, -0.25) is 0 Å². The number of β-amino-alcohol motifs (C(OH)–C–C–N with tert-alkyl or cyclic N) is 1. The van der Waals surface area contributed by atoms with E-state index >= 15 is 0 Å². The summed E-state index contributed by atoms with van der Waals surface area (Å²) in [5, 5.41) is 16.2. The smallest absolute Gasteiger partial charge is 0.375 e. The van der Waals surface area contributed by atoms with Crippen molar-refractivity contribution in [1.29, 1.82) is 0 Å². The van der Waals surface area contributed by atoms with Gasteiger partial charge in [0.25, 0.3) is 0 Å². The molecule has 2 aliphatic rings. The standard InChI is InChI=1S/C24H18ClF4N3O/c25-18-2-8-21-15(12-18)9-10-31(21)14-23(33,24(27,28)29)17-1-7-22-16(11-17)13-30-32(22)20-5-3-19(26)4-6-20/h1-13,15,21,33H,14H2. The second-order valence-corrected chi connectivity index (χ2v) is 8.59. The van der Waals surface area contributed by atoms with Crippen molar-refractivity contribution < 1.29 is 22.7 Å². The largest absolute Gasteiger partial charge is 0.423 e. The van der Waals surface area contributed by atoms with Crippen LogP contribution in [0.1, 0.15) is 5.56 Å². The van der Waals surface area contributed by atoms with Crippen LogP contribution in [-0.4, -0.2) is 38.5 Å². The molecule has 2 aromatic carbocycles. The summed E-state index contributed by atoms with van der Waals surface area (Å²) in [7, 11) is 0. The van der Waals surface area contributed by atoms with Crippen LogP contribution in [0.2, 0.25) is 0 Å². The van der Waals surface area contributed by atoms with E-state index in [-0.39, 0.29) is 17.5 Å². The number of aliphatic hydroxyl groups is 1. The molecule has 0 amide bonds. The number of alkyl halides is 3. The highest BCUT2D eigenvalue weighted by Crippen LogP contribution is 2.42. The monoisotopic (exact) mass is 475 g/mol. The van der Waals surface area contributed by atoms with Crippen LogP contribution in [0, 0.1) is 11.7 Å². The van der Waals surface area contributed by atoms with Gasteiger partial charge in [-0.1, -0.05) is 35.9 Å². The lowest BCUT2D eigenvalue weighted by molar-refractivity contribution is -0.270. The number of fused-ring (bicyclic) bond motifs is 2. The van der Waals surface area contributed by atoms with Gasteiger partial charge in [-0.2, -0.15) is 18.3 Å². The summed E-state index contributed by atoms with van der Waals surface area (Å²) in [5.74, 6) is -0.562. The normalized spacial score (nSPS) is 21.9. The minimum Gasteiger partial charge on any atom is -0.375 e. The number of aromatic nitrogens is 2. The number of hydrogen-bond donors (Lipinski definition) is 1. The first-order valence-electron chi connectivity index (χ1n) is 10.2. The van der Waals surface area contributed by atoms with Crippen LogP contribution >= 0.6 is 11.6 Å². The Morgan fingerprint density at radius 3 is 2.55 bits per heavy atom. The molecule has 170 valence electrons. The summed E-state index contributed by atoms with van der Waals surface area (Å²) in [6.07, 6.45) is 4.97. The molecule has 1 aliphatic heterocycles. The second kappa shape index (κ2) is 7.74. The van der Waals surface area contributed by atoms with Gasteiger partial charge in [0.2, 0.25) is 5.60 Å². The summed E-state index contributed by atoms with van der Waals surface area (Å²) in [6, 6.07) is 9.27. The van der Waals surface area contributed by atoms with Crippen LogP contribution in [0.25, 0.3) is 16.6 Å². The first kappa shape index (κ1) is 21.7. The van der Waals surface area contributed by atoms with E-state index in [0.717, 1.165) is 0 Å². The summed E-state index contributed by atoms with van der Waals surface area (Å²) in [4.78, 5) is 1.47. The Balaban J connectivity index is 1.50. The number of hydrogen-bond acceptors (Lipinski definition) is 3. The number of allylic oxidation sites excluding steroid dienone is 2. The van der Waals surface area contributed by atoms with Gasteiger partial charge in [0.1, 0.15) is 5.82 Å². The minimum absolute atomic E-state index is 0.156. The number of rotatable bonds is 4. The van der Waals surface area contributed by atoms with E-state index in [1.165, 1.54) is 58.2 Å². The molecule has 0 saturated heterocycles. The summed E-state index contributed by atoms with van der Waals surface area (Å²) in [5.41, 5.74) is -2.30. The van der Waals surface area contributed by atoms with E-state index in [4.69, 9.17) is 11.6 Å². The molecule has 4 nitrogen and oxygen atoms in total. The Morgan fingerprint density at radius 2 is 1.82 bits per heavy atom. The van der Waals surface area contributed by atoms with E-state index in [1.807, 2.05) is 0 Å². The number of nitrogens with zero attached hydrogens (tertiary/aromatic N) is 3. The molecule has 3 unspecified atom stereocenters. The molecule has 3 atom stereocenters. The number of benzene rings is 2. The Bertz CT molecular complexity index is 1300. The molecule has 33 heavy (non-hydrogen) atoms. The average Bonchev–Trinajstić information content (AvgIpc) is 3.37. The van der Waals surface area contributed by atoms with Crippen molar-refractivity contribution in [2.75, 3.05) is 6.54 Å². The van der Waals surface area contributed by atoms with E-state index < -0.39 is 24.1 Å². The van der Waals surface area contributed by atoms with E-state index in [9.17, 15) is 22.7 Å². The van der Waals surface area contributed by atoms with Crippen molar-refractivity contribution in [3.63, 3.8) is 0 Å². The highest BCUT2D eigenvalue weighted by Gasteiger charge is 2.56. The van der Waals surface area contributed by atoms with Gasteiger partial charge < -0.3 is 10.0 Å². The third-order valence-corrected chi connectivity index (χ3v) is 6.33. The van der Waals surface area contributed by atoms with Crippen molar-refractivity contribution >= 4 is 22.5 Å². The topological polar surface area (TPSA) is 41.3 Å². The molecule has 0 fully saturated rings. The fourth-order valence-corrected chi connectivity index (χ4v) is 4.53. The van der Waals surface area contributed by atoms with Crippen LogP contribution in [0.4, 0.5) is 17.6 Å². The van der Waals surface area contributed by atoms with Crippen LogP contribution < -0.4 is 0 Å². The van der Waals surface area contributed by atoms with E-state index in [1.54, 1.807) is 30.5 Å². The molecule has 2 heterocycles. The maximum atomic E-state index is 14.2. The summed E-state index contributed by atoms with van der Waals surface area (Å²) < 4.78 is 57.4. The molecule has 1 N–H and O–H groups in total. The van der Waals surface area contributed by atoms with Crippen molar-refractivity contribution in [3.05, 3.63) is 95.6 Å². The summed E-state index contributed by atoms with van der Waals surface area (Å²) in [6.45, 7) is -0.679. The van der Waals surface area contributed by atoms with Crippen molar-refractivity contribution in [2.24, 2.45) is 5.92 Å². The molecule has 0 spiro atoms. The fourth-order valence-electron chi connectivity index (χ4n) is 4.31. The summed E-state index contributed by atoms with van der Waals surface area (Å²) >= 11 is 6.01. The SMILES string of the molecule is OC(CN1C=CC2C=C(Cl)C=CC21)(c1ccc2c(cnn2-c2ccc(F)cc2)c1)C(F)(F)F. The lowest BCUT2D eigenvalue weighted by Crippen LogP contribution is -2.51. The Hall–Kier alpha value is -3.10. The van der Waals surface area contributed by atoms with Crippen LogP contribution in [-0.2, 0) is 5.60 Å². The number of halogens is 5. The lowest BCUT2D eigenvalue weighted by Gasteiger charge is -2.38. The van der Waals surface area contributed by atoms with Gasteiger partial charge in [-0.05, 0) is 54.2 Å². The molecule has 9 heteroatoms. The first-order valence-corrected chi connectivity index (χ1v) is 10.6. The van der Waals surface area contributed by atoms with Gasteiger partial charge in [0.05, 0.1) is 30.0 Å². The van der Waals surface area contributed by atoms with E-state index in [2.05, 4.69) is 5.10 Å². The van der Waals surface area contributed by atoms with Gasteiger partial charge in [-0.15, -0.1) is 0 Å². The van der Waals surface area contributed by atoms with Crippen LogP contribution in [0.3, 0.4) is 0 Å². The minimum atomic E-state index is -4.93. The molecule has 0 saturated carbocycles. The maximum absolute atomic E-state index is 14.2. The third kappa shape index (κ3) is 3.73. The zero-order chi connectivity index (χ0) is 23.4. The maximum Gasteiger partial charge on any atom is 0.423 e. The Labute approximate surface area is 191 Å². The van der Waals surface area contributed by atoms with Gasteiger partial charge in [0.15, 0.2) is 0 Å². The predicted molar refractivity (Wildman–Crippen MR) is 117 cm³/mol. The van der Waals surface area contributed by atoms with E-state index in [0.29, 0.717) is 21.6 Å². The molecule has 1 aromatic heterocycles. The van der Waals surface area contributed by atoms with Gasteiger partial charge in [-0.25, -0.2) is 9.07 Å². The highest BCUT2D eigenvalue weighted by molar-refractivity contribution is 6.31. The average molecular weight is 476 g/mol. The molecular formula is C24H18ClF4N3O. The first-order chi connectivity index (χ1) is 15.7. The molecule has 0 radical (unpaired) electrons. The van der Waals surface area contributed by atoms with Gasteiger partial charge in [0, 0.05) is 16.3 Å². The third-order valence-electron chi connectivity index (χ3n) is 6.08. The predicted octanol–water partition coefficient (Wildman–Crippen LogP) is 5.42. The molecular weight excluding hydrogens is 458 g/mol. The Morgan fingerprint density at radius 1 is 1.06 bits per heavy atom. The zero-order valence-corrected chi connectivity index (χ0v) is 17.8. The quantitative estimate of drug-likeness (QED) is 0.512. The van der Waals surface area contributed by atoms with Crippen molar-refractivity contribution in [2.45, 2.75) is 17.8 Å². The fraction of sp³-hybridized carbons (Fsp3) is 0.208. The molecule has 3 aromatic rings. The van der Waals surface area contributed by atoms with Crippen LogP contribution in [0.5, 0.6) is 0 Å². The molecule has 5 rings (SSSR count). The van der Waals surface area contributed by atoms with Crippen molar-refractivity contribution in [1.82, 2.24) is 14.7 Å². The molecule has 0 bridgehead atoms. The zero-order valence-electron chi connectivity index (χ0n) is 17.0. The van der Waals surface area contributed by atoms with Gasteiger partial charge >= 0.3 is 6.18 Å².